The summed E-state index contributed by atoms with van der Waals surface area (Å²) < 4.78 is 26.9. The predicted octanol–water partition coefficient (Wildman–Crippen LogP) is 2.22. The van der Waals surface area contributed by atoms with Crippen LogP contribution < -0.4 is 5.32 Å². The van der Waals surface area contributed by atoms with Gasteiger partial charge in [-0.2, -0.15) is 4.31 Å². The molecule has 0 saturated heterocycles. The van der Waals surface area contributed by atoms with Gasteiger partial charge in [0.2, 0.25) is 10.0 Å². The Morgan fingerprint density at radius 3 is 2.84 bits per heavy atom. The van der Waals surface area contributed by atoms with Crippen LogP contribution in [0.5, 0.6) is 0 Å². The summed E-state index contributed by atoms with van der Waals surface area (Å²) in [6.45, 7) is 3.39. The Bertz CT molecular complexity index is 579. The van der Waals surface area contributed by atoms with Crippen molar-refractivity contribution in [1.29, 1.82) is 0 Å². The van der Waals surface area contributed by atoms with Crippen LogP contribution >= 0.6 is 0 Å². The van der Waals surface area contributed by atoms with E-state index in [1.165, 1.54) is 5.56 Å². The highest BCUT2D eigenvalue weighted by Gasteiger charge is 2.37. The minimum atomic E-state index is -3.33. The Morgan fingerprint density at radius 1 is 1.37 bits per heavy atom. The molecule has 0 radical (unpaired) electrons. The molecule has 0 atom stereocenters. The molecule has 4 nitrogen and oxygen atoms in total. The molecule has 1 N–H and O–H groups in total. The van der Waals surface area contributed by atoms with Crippen molar-refractivity contribution in [2.24, 2.45) is 0 Å². The largest absolute Gasteiger partial charge is 0.385 e. The summed E-state index contributed by atoms with van der Waals surface area (Å²) in [4.78, 5) is 0.425. The average Bonchev–Trinajstić information content (AvgIpc) is 3.23. The molecule has 1 aliphatic carbocycles. The van der Waals surface area contributed by atoms with E-state index in [2.05, 4.69) is 5.32 Å². The maximum Gasteiger partial charge on any atom is 0.243 e. The summed E-state index contributed by atoms with van der Waals surface area (Å²) >= 11 is 0. The van der Waals surface area contributed by atoms with Crippen molar-refractivity contribution in [1.82, 2.24) is 4.31 Å². The Morgan fingerprint density at radius 2 is 2.16 bits per heavy atom. The lowest BCUT2D eigenvalue weighted by Crippen LogP contribution is -2.33. The minimum absolute atomic E-state index is 0.221. The van der Waals surface area contributed by atoms with Gasteiger partial charge in [-0.05, 0) is 43.4 Å². The molecule has 3 rings (SSSR count). The summed E-state index contributed by atoms with van der Waals surface area (Å²) in [5.41, 5.74) is 2.21. The summed E-state index contributed by atoms with van der Waals surface area (Å²) in [6.07, 6.45) is 4.14. The second kappa shape index (κ2) is 4.80. The van der Waals surface area contributed by atoms with E-state index in [4.69, 9.17) is 0 Å². The smallest absolute Gasteiger partial charge is 0.243 e. The average molecular weight is 280 g/mol. The van der Waals surface area contributed by atoms with Crippen molar-refractivity contribution in [2.75, 3.05) is 18.4 Å². The van der Waals surface area contributed by atoms with Gasteiger partial charge in [-0.15, -0.1) is 0 Å². The van der Waals surface area contributed by atoms with Crippen LogP contribution in [0.4, 0.5) is 5.69 Å². The van der Waals surface area contributed by atoms with Gasteiger partial charge in [-0.25, -0.2) is 8.42 Å². The van der Waals surface area contributed by atoms with Gasteiger partial charge in [0.15, 0.2) is 0 Å². The van der Waals surface area contributed by atoms with Gasteiger partial charge in [0.25, 0.3) is 0 Å². The first-order chi connectivity index (χ1) is 9.13. The summed E-state index contributed by atoms with van der Waals surface area (Å²) in [5, 5.41) is 3.29. The molecular formula is C14H20N2O2S. The van der Waals surface area contributed by atoms with E-state index in [0.717, 1.165) is 37.9 Å². The maximum absolute atomic E-state index is 12.6. The minimum Gasteiger partial charge on any atom is -0.385 e. The first-order valence-electron chi connectivity index (χ1n) is 7.01. The number of rotatable bonds is 4. The molecule has 104 valence electrons. The van der Waals surface area contributed by atoms with E-state index < -0.39 is 10.0 Å². The zero-order valence-electron chi connectivity index (χ0n) is 11.2. The third kappa shape index (κ3) is 2.37. The highest BCUT2D eigenvalue weighted by molar-refractivity contribution is 7.89. The molecule has 0 unspecified atom stereocenters. The number of fused-ring (bicyclic) bond motifs is 1. The lowest BCUT2D eigenvalue weighted by molar-refractivity contribution is 0.421. The van der Waals surface area contributed by atoms with Crippen LogP contribution in [0, 0.1) is 0 Å². The SMILES string of the molecule is CCN(C1CC1)S(=O)(=O)c1ccc2c(c1)NCCC2. The zero-order valence-corrected chi connectivity index (χ0v) is 12.0. The first kappa shape index (κ1) is 12.9. The van der Waals surface area contributed by atoms with Crippen LogP contribution in [-0.2, 0) is 16.4 Å². The Hall–Kier alpha value is -1.07. The number of anilines is 1. The number of aryl methyl sites for hydroxylation is 1. The molecule has 1 aromatic rings. The standard InChI is InChI=1S/C14H20N2O2S/c1-2-16(12-6-7-12)19(17,18)13-8-5-11-4-3-9-15-14(11)10-13/h5,8,10,12,15H,2-4,6-7,9H2,1H3. The topological polar surface area (TPSA) is 49.4 Å². The molecule has 0 amide bonds. The summed E-state index contributed by atoms with van der Waals surface area (Å²) in [5.74, 6) is 0. The van der Waals surface area contributed by atoms with Gasteiger partial charge in [-0.3, -0.25) is 0 Å². The number of benzene rings is 1. The fourth-order valence-electron chi connectivity index (χ4n) is 2.72. The number of nitrogens with zero attached hydrogens (tertiary/aromatic N) is 1. The molecule has 1 saturated carbocycles. The third-order valence-corrected chi connectivity index (χ3v) is 5.92. The fraction of sp³-hybridized carbons (Fsp3) is 0.571. The van der Waals surface area contributed by atoms with Gasteiger partial charge in [0, 0.05) is 24.8 Å². The lowest BCUT2D eigenvalue weighted by atomic mass is 10.0. The van der Waals surface area contributed by atoms with Gasteiger partial charge < -0.3 is 5.32 Å². The molecule has 1 aromatic carbocycles. The predicted molar refractivity (Wildman–Crippen MR) is 75.8 cm³/mol. The molecule has 0 bridgehead atoms. The van der Waals surface area contributed by atoms with Crippen LogP contribution in [0.15, 0.2) is 23.1 Å². The Balaban J connectivity index is 1.96. The highest BCUT2D eigenvalue weighted by atomic mass is 32.2. The van der Waals surface area contributed by atoms with Crippen molar-refractivity contribution in [3.05, 3.63) is 23.8 Å². The number of hydrogen-bond donors (Lipinski definition) is 1. The van der Waals surface area contributed by atoms with Crippen molar-refractivity contribution < 1.29 is 8.42 Å². The van der Waals surface area contributed by atoms with Gasteiger partial charge in [-0.1, -0.05) is 13.0 Å². The number of hydrogen-bond acceptors (Lipinski definition) is 3. The first-order valence-corrected chi connectivity index (χ1v) is 8.45. The fourth-order valence-corrected chi connectivity index (χ4v) is 4.44. The van der Waals surface area contributed by atoms with E-state index >= 15 is 0 Å². The Labute approximate surface area is 114 Å². The van der Waals surface area contributed by atoms with Crippen LogP contribution in [0.25, 0.3) is 0 Å². The molecule has 0 spiro atoms. The normalized spacial score (nSPS) is 19.1. The third-order valence-electron chi connectivity index (χ3n) is 3.89. The molecule has 19 heavy (non-hydrogen) atoms. The summed E-state index contributed by atoms with van der Waals surface area (Å²) in [6, 6.07) is 5.73. The monoisotopic (exact) mass is 280 g/mol. The molecule has 5 heteroatoms. The molecule has 1 fully saturated rings. The van der Waals surface area contributed by atoms with Crippen LogP contribution in [0.2, 0.25) is 0 Å². The number of nitrogens with one attached hydrogen (secondary N) is 1. The molecule has 2 aliphatic rings. The van der Waals surface area contributed by atoms with Gasteiger partial charge in [0.1, 0.15) is 0 Å². The molecule has 1 aliphatic heterocycles. The lowest BCUT2D eigenvalue weighted by Gasteiger charge is -2.22. The Kier molecular flexibility index (Phi) is 3.27. The highest BCUT2D eigenvalue weighted by Crippen LogP contribution is 2.33. The van der Waals surface area contributed by atoms with Crippen LogP contribution in [0.1, 0.15) is 31.7 Å². The molecule has 1 heterocycles. The van der Waals surface area contributed by atoms with Gasteiger partial charge >= 0.3 is 0 Å². The van der Waals surface area contributed by atoms with Crippen molar-refractivity contribution in [3.63, 3.8) is 0 Å². The van der Waals surface area contributed by atoms with Crippen LogP contribution in [0.3, 0.4) is 0 Å². The van der Waals surface area contributed by atoms with Crippen molar-refractivity contribution >= 4 is 15.7 Å². The maximum atomic E-state index is 12.6. The van der Waals surface area contributed by atoms with Crippen molar-refractivity contribution in [3.8, 4) is 0 Å². The van der Waals surface area contributed by atoms with E-state index in [-0.39, 0.29) is 6.04 Å². The quantitative estimate of drug-likeness (QED) is 0.920. The van der Waals surface area contributed by atoms with E-state index in [1.54, 1.807) is 16.4 Å². The molecule has 0 aromatic heterocycles. The molecular weight excluding hydrogens is 260 g/mol. The number of sulfonamides is 1. The second-order valence-electron chi connectivity index (χ2n) is 5.29. The zero-order chi connectivity index (χ0) is 13.5. The summed E-state index contributed by atoms with van der Waals surface area (Å²) in [7, 11) is -3.33. The second-order valence-corrected chi connectivity index (χ2v) is 7.18. The van der Waals surface area contributed by atoms with Gasteiger partial charge in [0.05, 0.1) is 4.90 Å². The van der Waals surface area contributed by atoms with E-state index in [1.807, 2.05) is 13.0 Å². The van der Waals surface area contributed by atoms with Crippen LogP contribution in [-0.4, -0.2) is 31.9 Å². The van der Waals surface area contributed by atoms with Crippen molar-refractivity contribution in [2.45, 2.75) is 43.5 Å². The van der Waals surface area contributed by atoms with E-state index in [0.29, 0.717) is 11.4 Å². The van der Waals surface area contributed by atoms with E-state index in [9.17, 15) is 8.42 Å².